The molecule has 2 fully saturated rings. The molecule has 1 atom stereocenters. The Labute approximate surface area is 148 Å². The molecule has 2 aliphatic rings. The Morgan fingerprint density at radius 1 is 1.40 bits per heavy atom. The molecule has 0 bridgehead atoms. The van der Waals surface area contributed by atoms with Crippen LogP contribution in [0.2, 0.25) is 0 Å². The lowest BCUT2D eigenvalue weighted by molar-refractivity contribution is -0.155. The molecule has 1 spiro atoms. The first kappa shape index (κ1) is 17.9. The smallest absolute Gasteiger partial charge is 0.238 e. The number of amides is 2. The molecule has 1 aromatic rings. The molecule has 8 nitrogen and oxygen atoms in total. The van der Waals surface area contributed by atoms with Gasteiger partial charge in [0.05, 0.1) is 29.9 Å². The van der Waals surface area contributed by atoms with Gasteiger partial charge >= 0.3 is 0 Å². The monoisotopic (exact) mass is 349 g/mol. The van der Waals surface area contributed by atoms with Crippen LogP contribution in [0.25, 0.3) is 0 Å². The SMILES string of the molecule is COC1CN(C)C(=O)C2(CCN(CC(=O)Nc3cnn(C)c3)CC2)C1. The normalized spacial score (nSPS) is 23.9. The van der Waals surface area contributed by atoms with Gasteiger partial charge in [-0.2, -0.15) is 5.10 Å². The molecule has 1 aromatic heterocycles. The second kappa shape index (κ2) is 7.13. The van der Waals surface area contributed by atoms with Crippen LogP contribution < -0.4 is 5.32 Å². The summed E-state index contributed by atoms with van der Waals surface area (Å²) in [5.74, 6) is 0.172. The fraction of sp³-hybridized carbons (Fsp3) is 0.706. The second-order valence-electron chi connectivity index (χ2n) is 7.25. The molecular formula is C17H27N5O3. The van der Waals surface area contributed by atoms with E-state index in [0.717, 1.165) is 32.4 Å². The van der Waals surface area contributed by atoms with Crippen molar-refractivity contribution in [2.24, 2.45) is 12.5 Å². The lowest BCUT2D eigenvalue weighted by Crippen LogP contribution is -2.57. The number of ether oxygens (including phenoxy) is 1. The quantitative estimate of drug-likeness (QED) is 0.847. The highest BCUT2D eigenvalue weighted by molar-refractivity contribution is 5.92. The first-order chi connectivity index (χ1) is 11.9. The number of likely N-dealkylation sites (tertiary alicyclic amines) is 2. The zero-order valence-corrected chi connectivity index (χ0v) is 15.2. The van der Waals surface area contributed by atoms with Gasteiger partial charge in [-0.3, -0.25) is 19.2 Å². The molecule has 8 heteroatoms. The van der Waals surface area contributed by atoms with Gasteiger partial charge in [0.15, 0.2) is 0 Å². The summed E-state index contributed by atoms with van der Waals surface area (Å²) >= 11 is 0. The lowest BCUT2D eigenvalue weighted by Gasteiger charge is -2.47. The van der Waals surface area contributed by atoms with Crippen molar-refractivity contribution < 1.29 is 14.3 Å². The lowest BCUT2D eigenvalue weighted by atomic mass is 9.71. The van der Waals surface area contributed by atoms with E-state index in [-0.39, 0.29) is 23.3 Å². The Hall–Kier alpha value is -1.93. The predicted molar refractivity (Wildman–Crippen MR) is 93.0 cm³/mol. The molecule has 1 N–H and O–H groups in total. The van der Waals surface area contributed by atoms with Crippen molar-refractivity contribution in [3.05, 3.63) is 12.4 Å². The average molecular weight is 349 g/mol. The van der Waals surface area contributed by atoms with Gasteiger partial charge < -0.3 is 15.0 Å². The molecule has 25 heavy (non-hydrogen) atoms. The van der Waals surface area contributed by atoms with E-state index in [9.17, 15) is 9.59 Å². The fourth-order valence-corrected chi connectivity index (χ4v) is 3.99. The second-order valence-corrected chi connectivity index (χ2v) is 7.25. The maximum absolute atomic E-state index is 12.7. The standard InChI is InChI=1S/C17H27N5O3/c1-20-11-14(25-3)8-17(16(20)24)4-6-22(7-5-17)12-15(23)19-13-9-18-21(2)10-13/h9-10,14H,4-8,11-12H2,1-3H3,(H,19,23). The third kappa shape index (κ3) is 3.85. The van der Waals surface area contributed by atoms with Crippen LogP contribution >= 0.6 is 0 Å². The number of likely N-dealkylation sites (N-methyl/N-ethyl adjacent to an activating group) is 1. The van der Waals surface area contributed by atoms with E-state index in [0.29, 0.717) is 18.8 Å². The van der Waals surface area contributed by atoms with Gasteiger partial charge in [-0.25, -0.2) is 0 Å². The highest BCUT2D eigenvalue weighted by atomic mass is 16.5. The first-order valence-corrected chi connectivity index (χ1v) is 8.71. The van der Waals surface area contributed by atoms with Crippen LogP contribution in [0.15, 0.2) is 12.4 Å². The predicted octanol–water partition coefficient (Wildman–Crippen LogP) is 0.318. The highest BCUT2D eigenvalue weighted by Gasteiger charge is 2.47. The Kier molecular flexibility index (Phi) is 5.10. The van der Waals surface area contributed by atoms with Crippen LogP contribution in [0.3, 0.4) is 0 Å². The number of aromatic nitrogens is 2. The third-order valence-corrected chi connectivity index (χ3v) is 5.40. The number of aryl methyl sites for hydroxylation is 1. The van der Waals surface area contributed by atoms with Gasteiger partial charge in [-0.15, -0.1) is 0 Å². The summed E-state index contributed by atoms with van der Waals surface area (Å²) in [4.78, 5) is 28.8. The van der Waals surface area contributed by atoms with Crippen LogP contribution in [-0.2, 0) is 21.4 Å². The van der Waals surface area contributed by atoms with Gasteiger partial charge in [0, 0.05) is 33.9 Å². The third-order valence-electron chi connectivity index (χ3n) is 5.40. The van der Waals surface area contributed by atoms with Crippen LogP contribution in [-0.4, -0.2) is 77.8 Å². The molecule has 1 unspecified atom stereocenters. The van der Waals surface area contributed by atoms with E-state index in [1.165, 1.54) is 0 Å². The number of carbonyl (C=O) groups excluding carboxylic acids is 2. The number of hydrogen-bond donors (Lipinski definition) is 1. The number of nitrogens with zero attached hydrogens (tertiary/aromatic N) is 4. The molecule has 2 amide bonds. The van der Waals surface area contributed by atoms with Crippen LogP contribution in [0.4, 0.5) is 5.69 Å². The maximum atomic E-state index is 12.7. The van der Waals surface area contributed by atoms with Crippen molar-refractivity contribution >= 4 is 17.5 Å². The summed E-state index contributed by atoms with van der Waals surface area (Å²) in [6.07, 6.45) is 5.83. The van der Waals surface area contributed by atoms with Crippen LogP contribution in [0.5, 0.6) is 0 Å². The minimum Gasteiger partial charge on any atom is -0.380 e. The van der Waals surface area contributed by atoms with Crippen LogP contribution in [0.1, 0.15) is 19.3 Å². The summed E-state index contributed by atoms with van der Waals surface area (Å²) in [5.41, 5.74) is 0.372. The summed E-state index contributed by atoms with van der Waals surface area (Å²) in [6, 6.07) is 0. The minimum atomic E-state index is -0.329. The van der Waals surface area contributed by atoms with Gasteiger partial charge in [0.25, 0.3) is 0 Å². The molecule has 2 aliphatic heterocycles. The summed E-state index contributed by atoms with van der Waals surface area (Å²) < 4.78 is 7.17. The zero-order valence-electron chi connectivity index (χ0n) is 15.2. The molecule has 0 aliphatic carbocycles. The number of carbonyl (C=O) groups is 2. The molecule has 0 saturated carbocycles. The van der Waals surface area contributed by atoms with Crippen molar-refractivity contribution in [2.45, 2.75) is 25.4 Å². The van der Waals surface area contributed by atoms with E-state index in [1.807, 2.05) is 14.1 Å². The van der Waals surface area contributed by atoms with Crippen molar-refractivity contribution in [3.63, 3.8) is 0 Å². The van der Waals surface area contributed by atoms with E-state index in [2.05, 4.69) is 15.3 Å². The van der Waals surface area contributed by atoms with Gasteiger partial charge in [0.1, 0.15) is 0 Å². The molecular weight excluding hydrogens is 322 g/mol. The number of nitrogens with one attached hydrogen (secondary N) is 1. The molecule has 138 valence electrons. The van der Waals surface area contributed by atoms with Crippen LogP contribution in [0, 0.1) is 5.41 Å². The van der Waals surface area contributed by atoms with E-state index in [4.69, 9.17) is 4.74 Å². The van der Waals surface area contributed by atoms with Crippen molar-refractivity contribution in [1.29, 1.82) is 0 Å². The molecule has 2 saturated heterocycles. The maximum Gasteiger partial charge on any atom is 0.238 e. The van der Waals surface area contributed by atoms with Crippen molar-refractivity contribution in [2.75, 3.05) is 45.7 Å². The van der Waals surface area contributed by atoms with E-state index < -0.39 is 0 Å². The summed E-state index contributed by atoms with van der Waals surface area (Å²) in [5, 5.41) is 6.89. The van der Waals surface area contributed by atoms with E-state index in [1.54, 1.807) is 29.1 Å². The minimum absolute atomic E-state index is 0.0502. The molecule has 3 heterocycles. The number of hydrogen-bond acceptors (Lipinski definition) is 5. The average Bonchev–Trinajstić information content (AvgIpc) is 2.99. The number of anilines is 1. The largest absolute Gasteiger partial charge is 0.380 e. The molecule has 3 rings (SSSR count). The molecule has 0 radical (unpaired) electrons. The topological polar surface area (TPSA) is 79.7 Å². The Morgan fingerprint density at radius 2 is 2.12 bits per heavy atom. The Bertz CT molecular complexity index is 636. The fourth-order valence-electron chi connectivity index (χ4n) is 3.99. The number of methoxy groups -OCH3 is 1. The van der Waals surface area contributed by atoms with Gasteiger partial charge in [0.2, 0.25) is 11.8 Å². The number of rotatable bonds is 4. The highest BCUT2D eigenvalue weighted by Crippen LogP contribution is 2.41. The Balaban J connectivity index is 1.54. The first-order valence-electron chi connectivity index (χ1n) is 8.71. The Morgan fingerprint density at radius 3 is 2.72 bits per heavy atom. The van der Waals surface area contributed by atoms with Gasteiger partial charge in [-0.05, 0) is 32.4 Å². The van der Waals surface area contributed by atoms with Gasteiger partial charge in [-0.1, -0.05) is 0 Å². The van der Waals surface area contributed by atoms with Crippen molar-refractivity contribution in [1.82, 2.24) is 19.6 Å². The van der Waals surface area contributed by atoms with E-state index >= 15 is 0 Å². The number of piperidine rings is 2. The summed E-state index contributed by atoms with van der Waals surface area (Å²) in [6.45, 7) is 2.49. The zero-order chi connectivity index (χ0) is 18.0. The van der Waals surface area contributed by atoms with Crippen molar-refractivity contribution in [3.8, 4) is 0 Å². The summed E-state index contributed by atoms with van der Waals surface area (Å²) in [7, 11) is 5.37. The molecule has 0 aromatic carbocycles.